The predicted octanol–water partition coefficient (Wildman–Crippen LogP) is 1.26. The molecule has 1 aromatic rings. The largest absolute Gasteiger partial charge is 0.376 e. The van der Waals surface area contributed by atoms with Gasteiger partial charge >= 0.3 is 0 Å². The highest BCUT2D eigenvalue weighted by molar-refractivity contribution is 5.92. The SMILES string of the molecule is CC(=O)c1cncn1CC1CCCO1. The lowest BCUT2D eigenvalue weighted by Gasteiger charge is -2.11. The van der Waals surface area contributed by atoms with E-state index in [-0.39, 0.29) is 11.9 Å². The fourth-order valence-electron chi connectivity index (χ4n) is 1.77. The van der Waals surface area contributed by atoms with Crippen molar-refractivity contribution in [3.05, 3.63) is 18.2 Å². The molecule has 2 rings (SSSR count). The van der Waals surface area contributed by atoms with Gasteiger partial charge in [-0.3, -0.25) is 4.79 Å². The molecule has 1 aliphatic heterocycles. The number of rotatable bonds is 3. The van der Waals surface area contributed by atoms with Gasteiger partial charge in [-0.15, -0.1) is 0 Å². The van der Waals surface area contributed by atoms with Crippen LogP contribution in [0, 0.1) is 0 Å². The van der Waals surface area contributed by atoms with E-state index in [0.29, 0.717) is 5.69 Å². The van der Waals surface area contributed by atoms with Crippen molar-refractivity contribution in [1.82, 2.24) is 9.55 Å². The van der Waals surface area contributed by atoms with Crippen LogP contribution in [-0.4, -0.2) is 28.0 Å². The molecule has 4 heteroatoms. The van der Waals surface area contributed by atoms with E-state index in [1.165, 1.54) is 0 Å². The molecule has 0 radical (unpaired) electrons. The monoisotopic (exact) mass is 194 g/mol. The van der Waals surface area contributed by atoms with E-state index in [2.05, 4.69) is 4.98 Å². The molecule has 0 bridgehead atoms. The van der Waals surface area contributed by atoms with Gasteiger partial charge in [0.1, 0.15) is 5.69 Å². The van der Waals surface area contributed by atoms with Gasteiger partial charge in [0.05, 0.1) is 25.2 Å². The Morgan fingerprint density at radius 3 is 3.29 bits per heavy atom. The Morgan fingerprint density at radius 1 is 1.79 bits per heavy atom. The van der Waals surface area contributed by atoms with Crippen molar-refractivity contribution in [3.8, 4) is 0 Å². The molecule has 4 nitrogen and oxygen atoms in total. The van der Waals surface area contributed by atoms with E-state index in [9.17, 15) is 4.79 Å². The molecule has 2 heterocycles. The third kappa shape index (κ3) is 1.85. The first-order valence-corrected chi connectivity index (χ1v) is 4.90. The smallest absolute Gasteiger partial charge is 0.177 e. The highest BCUT2D eigenvalue weighted by Crippen LogP contribution is 2.15. The van der Waals surface area contributed by atoms with Crippen LogP contribution in [-0.2, 0) is 11.3 Å². The third-order valence-corrected chi connectivity index (χ3v) is 2.50. The molecule has 1 atom stereocenters. The van der Waals surface area contributed by atoms with Crippen LogP contribution in [0.4, 0.5) is 0 Å². The predicted molar refractivity (Wildman–Crippen MR) is 51.2 cm³/mol. The molecule has 14 heavy (non-hydrogen) atoms. The first kappa shape index (κ1) is 9.40. The zero-order valence-corrected chi connectivity index (χ0v) is 8.27. The second-order valence-electron chi connectivity index (χ2n) is 3.62. The molecular weight excluding hydrogens is 180 g/mol. The van der Waals surface area contributed by atoms with Gasteiger partial charge in [0.2, 0.25) is 0 Å². The molecule has 0 aliphatic carbocycles. The Morgan fingerprint density at radius 2 is 2.64 bits per heavy atom. The van der Waals surface area contributed by atoms with Gasteiger partial charge in [-0.1, -0.05) is 0 Å². The van der Waals surface area contributed by atoms with Crippen molar-refractivity contribution < 1.29 is 9.53 Å². The molecule has 1 aliphatic rings. The van der Waals surface area contributed by atoms with Gasteiger partial charge < -0.3 is 9.30 Å². The van der Waals surface area contributed by atoms with Crippen LogP contribution in [0.2, 0.25) is 0 Å². The van der Waals surface area contributed by atoms with Crippen molar-refractivity contribution in [1.29, 1.82) is 0 Å². The summed E-state index contributed by atoms with van der Waals surface area (Å²) in [6.45, 7) is 3.15. The summed E-state index contributed by atoms with van der Waals surface area (Å²) in [5.74, 6) is 0.0560. The van der Waals surface area contributed by atoms with E-state index >= 15 is 0 Å². The fourth-order valence-corrected chi connectivity index (χ4v) is 1.77. The number of ketones is 1. The Kier molecular flexibility index (Phi) is 2.63. The summed E-state index contributed by atoms with van der Waals surface area (Å²) in [6.07, 6.45) is 5.75. The molecule has 76 valence electrons. The number of hydrogen-bond acceptors (Lipinski definition) is 3. The third-order valence-electron chi connectivity index (χ3n) is 2.50. The molecular formula is C10H14N2O2. The van der Waals surface area contributed by atoms with E-state index in [1.807, 2.05) is 4.57 Å². The van der Waals surface area contributed by atoms with Gasteiger partial charge in [0.25, 0.3) is 0 Å². The highest BCUT2D eigenvalue weighted by atomic mass is 16.5. The van der Waals surface area contributed by atoms with Crippen LogP contribution in [0.1, 0.15) is 30.3 Å². The second kappa shape index (κ2) is 3.92. The molecule has 0 spiro atoms. The molecule has 0 amide bonds. The van der Waals surface area contributed by atoms with Crippen molar-refractivity contribution in [2.45, 2.75) is 32.4 Å². The summed E-state index contributed by atoms with van der Waals surface area (Å²) in [6, 6.07) is 0. The summed E-state index contributed by atoms with van der Waals surface area (Å²) in [5.41, 5.74) is 0.667. The number of Topliss-reactive ketones (excluding diaryl/α,β-unsaturated/α-hetero) is 1. The van der Waals surface area contributed by atoms with E-state index in [1.54, 1.807) is 19.4 Å². The molecule has 1 unspecified atom stereocenters. The number of hydrogen-bond donors (Lipinski definition) is 0. The molecule has 1 aromatic heterocycles. The van der Waals surface area contributed by atoms with Crippen LogP contribution in [0.5, 0.6) is 0 Å². The van der Waals surface area contributed by atoms with Crippen LogP contribution < -0.4 is 0 Å². The van der Waals surface area contributed by atoms with E-state index in [4.69, 9.17) is 4.74 Å². The lowest BCUT2D eigenvalue weighted by atomic mass is 10.2. The minimum absolute atomic E-state index is 0.0560. The second-order valence-corrected chi connectivity index (χ2v) is 3.62. The molecule has 1 saturated heterocycles. The molecule has 0 saturated carbocycles. The number of carbonyl (C=O) groups is 1. The lowest BCUT2D eigenvalue weighted by Crippen LogP contribution is -2.17. The zero-order chi connectivity index (χ0) is 9.97. The Labute approximate surface area is 82.9 Å². The van der Waals surface area contributed by atoms with Crippen LogP contribution in [0.25, 0.3) is 0 Å². The lowest BCUT2D eigenvalue weighted by molar-refractivity contribution is 0.0927. The van der Waals surface area contributed by atoms with Gasteiger partial charge in [-0.05, 0) is 12.8 Å². The number of imidazole rings is 1. The minimum atomic E-state index is 0.0560. The molecule has 0 aromatic carbocycles. The summed E-state index contributed by atoms with van der Waals surface area (Å²) >= 11 is 0. The summed E-state index contributed by atoms with van der Waals surface area (Å²) in [7, 11) is 0. The van der Waals surface area contributed by atoms with Crippen molar-refractivity contribution in [2.75, 3.05) is 6.61 Å². The number of aromatic nitrogens is 2. The van der Waals surface area contributed by atoms with Crippen LogP contribution in [0.3, 0.4) is 0 Å². The number of nitrogens with zero attached hydrogens (tertiary/aromatic N) is 2. The van der Waals surface area contributed by atoms with Crippen molar-refractivity contribution in [2.24, 2.45) is 0 Å². The fraction of sp³-hybridized carbons (Fsp3) is 0.600. The molecule has 1 fully saturated rings. The van der Waals surface area contributed by atoms with Gasteiger partial charge in [0.15, 0.2) is 5.78 Å². The van der Waals surface area contributed by atoms with Gasteiger partial charge in [-0.25, -0.2) is 4.98 Å². The molecule has 0 N–H and O–H groups in total. The van der Waals surface area contributed by atoms with E-state index < -0.39 is 0 Å². The number of ether oxygens (including phenoxy) is 1. The average molecular weight is 194 g/mol. The normalized spacial score (nSPS) is 21.4. The van der Waals surface area contributed by atoms with Gasteiger partial charge in [0, 0.05) is 13.5 Å². The highest BCUT2D eigenvalue weighted by Gasteiger charge is 2.17. The van der Waals surface area contributed by atoms with Crippen molar-refractivity contribution >= 4 is 5.78 Å². The minimum Gasteiger partial charge on any atom is -0.376 e. The Balaban J connectivity index is 2.07. The van der Waals surface area contributed by atoms with Crippen molar-refractivity contribution in [3.63, 3.8) is 0 Å². The topological polar surface area (TPSA) is 44.1 Å². The quantitative estimate of drug-likeness (QED) is 0.680. The first-order valence-electron chi connectivity index (χ1n) is 4.90. The Hall–Kier alpha value is -1.16. The Bertz CT molecular complexity index is 327. The summed E-state index contributed by atoms with van der Waals surface area (Å²) in [5, 5.41) is 0. The summed E-state index contributed by atoms with van der Waals surface area (Å²) < 4.78 is 7.37. The van der Waals surface area contributed by atoms with Crippen LogP contribution >= 0.6 is 0 Å². The maximum absolute atomic E-state index is 11.2. The van der Waals surface area contributed by atoms with Crippen LogP contribution in [0.15, 0.2) is 12.5 Å². The summed E-state index contributed by atoms with van der Waals surface area (Å²) in [4.78, 5) is 15.2. The zero-order valence-electron chi connectivity index (χ0n) is 8.27. The maximum Gasteiger partial charge on any atom is 0.177 e. The maximum atomic E-state index is 11.2. The first-order chi connectivity index (χ1) is 6.77. The standard InChI is InChI=1S/C10H14N2O2/c1-8(13)10-5-11-7-12(10)6-9-3-2-4-14-9/h5,7,9H,2-4,6H2,1H3. The van der Waals surface area contributed by atoms with Gasteiger partial charge in [-0.2, -0.15) is 0 Å². The van der Waals surface area contributed by atoms with E-state index in [0.717, 1.165) is 26.0 Å². The number of carbonyl (C=O) groups excluding carboxylic acids is 1. The average Bonchev–Trinajstić information content (AvgIpc) is 2.75.